The molecule has 1 amide bonds. The van der Waals surface area contributed by atoms with Crippen LogP contribution in [0.3, 0.4) is 0 Å². The minimum Gasteiger partial charge on any atom is -0.494 e. The average Bonchev–Trinajstić information content (AvgIpc) is 3.25. The normalized spacial score (nSPS) is 19.8. The molecule has 178 valence electrons. The highest BCUT2D eigenvalue weighted by Gasteiger charge is 2.35. The van der Waals surface area contributed by atoms with E-state index in [1.807, 2.05) is 58.0 Å². The third-order valence-corrected chi connectivity index (χ3v) is 5.81. The van der Waals surface area contributed by atoms with E-state index in [0.717, 1.165) is 23.7 Å². The van der Waals surface area contributed by atoms with E-state index < -0.39 is 5.60 Å². The van der Waals surface area contributed by atoms with Gasteiger partial charge in [-0.25, -0.2) is 4.79 Å². The van der Waals surface area contributed by atoms with Gasteiger partial charge in [0.1, 0.15) is 17.1 Å². The number of benzene rings is 2. The van der Waals surface area contributed by atoms with Gasteiger partial charge in [-0.2, -0.15) is 0 Å². The lowest BCUT2D eigenvalue weighted by molar-refractivity contribution is 0.0111. The summed E-state index contributed by atoms with van der Waals surface area (Å²) < 4.78 is 28.2. The summed E-state index contributed by atoms with van der Waals surface area (Å²) in [7, 11) is 0. The molecule has 4 rings (SSSR count). The first kappa shape index (κ1) is 23.1. The van der Waals surface area contributed by atoms with Crippen molar-refractivity contribution in [1.82, 2.24) is 4.90 Å². The Kier molecular flexibility index (Phi) is 6.86. The Bertz CT molecular complexity index is 952. The Morgan fingerprint density at radius 3 is 2.48 bits per heavy atom. The fourth-order valence-electron chi connectivity index (χ4n) is 4.28. The molecule has 2 aromatic rings. The molecule has 2 aromatic carbocycles. The third-order valence-electron chi connectivity index (χ3n) is 5.81. The first-order valence-corrected chi connectivity index (χ1v) is 11.6. The predicted molar refractivity (Wildman–Crippen MR) is 124 cm³/mol. The highest BCUT2D eigenvalue weighted by atomic mass is 16.7. The summed E-state index contributed by atoms with van der Waals surface area (Å²) in [6.07, 6.45) is 0.559. The van der Waals surface area contributed by atoms with Crippen molar-refractivity contribution in [2.24, 2.45) is 5.92 Å². The molecule has 2 aliphatic rings. The molecule has 0 radical (unpaired) electrons. The van der Waals surface area contributed by atoms with Gasteiger partial charge in [-0.1, -0.05) is 12.1 Å². The Hall–Kier alpha value is -3.09. The second kappa shape index (κ2) is 9.81. The van der Waals surface area contributed by atoms with Crippen LogP contribution >= 0.6 is 0 Å². The molecule has 33 heavy (non-hydrogen) atoms. The molecule has 7 heteroatoms. The van der Waals surface area contributed by atoms with Crippen LogP contribution in [-0.4, -0.2) is 49.7 Å². The van der Waals surface area contributed by atoms with E-state index in [1.165, 1.54) is 5.56 Å². The molecular formula is C26H33NO6. The number of hydrogen-bond donors (Lipinski definition) is 0. The van der Waals surface area contributed by atoms with Crippen molar-refractivity contribution in [3.63, 3.8) is 0 Å². The van der Waals surface area contributed by atoms with E-state index >= 15 is 0 Å². The summed E-state index contributed by atoms with van der Waals surface area (Å²) in [6.45, 7) is 10.2. The van der Waals surface area contributed by atoms with Gasteiger partial charge in [-0.3, -0.25) is 0 Å². The van der Waals surface area contributed by atoms with Crippen LogP contribution in [0.4, 0.5) is 4.79 Å². The molecule has 0 N–H and O–H groups in total. The number of likely N-dealkylation sites (tertiary alicyclic amines) is 1. The first-order valence-electron chi connectivity index (χ1n) is 11.6. The molecular weight excluding hydrogens is 422 g/mol. The smallest absolute Gasteiger partial charge is 0.410 e. The quantitative estimate of drug-likeness (QED) is 0.594. The number of ether oxygens (including phenoxy) is 5. The maximum absolute atomic E-state index is 12.7. The van der Waals surface area contributed by atoms with E-state index in [2.05, 4.69) is 12.1 Å². The topological polar surface area (TPSA) is 66.5 Å². The molecule has 1 saturated heterocycles. The van der Waals surface area contributed by atoms with Gasteiger partial charge in [0.15, 0.2) is 11.5 Å². The van der Waals surface area contributed by atoms with Gasteiger partial charge in [0.25, 0.3) is 0 Å². The maximum atomic E-state index is 12.7. The second-order valence-electron chi connectivity index (χ2n) is 9.41. The molecule has 1 fully saturated rings. The molecule has 0 bridgehead atoms. The fourth-order valence-corrected chi connectivity index (χ4v) is 4.28. The van der Waals surface area contributed by atoms with Crippen molar-refractivity contribution < 1.29 is 28.5 Å². The fraction of sp³-hybridized carbons (Fsp3) is 0.500. The van der Waals surface area contributed by atoms with Crippen molar-refractivity contribution in [1.29, 1.82) is 0 Å². The minimum absolute atomic E-state index is 0.106. The largest absolute Gasteiger partial charge is 0.494 e. The van der Waals surface area contributed by atoms with Crippen LogP contribution in [0.25, 0.3) is 0 Å². The zero-order chi connectivity index (χ0) is 23.4. The van der Waals surface area contributed by atoms with Crippen molar-refractivity contribution in [3.05, 3.63) is 48.0 Å². The second-order valence-corrected chi connectivity index (χ2v) is 9.41. The van der Waals surface area contributed by atoms with Crippen molar-refractivity contribution in [2.75, 3.05) is 33.1 Å². The zero-order valence-corrected chi connectivity index (χ0v) is 19.8. The summed E-state index contributed by atoms with van der Waals surface area (Å²) in [5.41, 5.74) is 0.697. The number of carbonyl (C=O) groups excluding carboxylic acids is 1. The van der Waals surface area contributed by atoms with Gasteiger partial charge < -0.3 is 28.6 Å². The van der Waals surface area contributed by atoms with Crippen LogP contribution in [-0.2, 0) is 4.74 Å². The first-order chi connectivity index (χ1) is 15.8. The van der Waals surface area contributed by atoms with Crippen molar-refractivity contribution in [2.45, 2.75) is 45.6 Å². The summed E-state index contributed by atoms with van der Waals surface area (Å²) in [6, 6.07) is 13.8. The van der Waals surface area contributed by atoms with Gasteiger partial charge in [0, 0.05) is 25.1 Å². The number of rotatable bonds is 6. The Morgan fingerprint density at radius 2 is 1.76 bits per heavy atom. The van der Waals surface area contributed by atoms with Crippen LogP contribution in [0.5, 0.6) is 23.0 Å². The number of nitrogens with zero attached hydrogens (tertiary/aromatic N) is 1. The average molecular weight is 456 g/mol. The molecule has 0 aliphatic carbocycles. The van der Waals surface area contributed by atoms with Gasteiger partial charge in [-0.05, 0) is 69.9 Å². The lowest BCUT2D eigenvalue weighted by atomic mass is 9.81. The van der Waals surface area contributed by atoms with Crippen LogP contribution in [0.2, 0.25) is 0 Å². The Morgan fingerprint density at radius 1 is 1.03 bits per heavy atom. The highest BCUT2D eigenvalue weighted by molar-refractivity contribution is 5.68. The van der Waals surface area contributed by atoms with Crippen LogP contribution in [0, 0.1) is 5.92 Å². The van der Waals surface area contributed by atoms with Gasteiger partial charge in [0.05, 0.1) is 13.2 Å². The lowest BCUT2D eigenvalue weighted by Gasteiger charge is -2.39. The summed E-state index contributed by atoms with van der Waals surface area (Å²) in [5, 5.41) is 0. The Balaban J connectivity index is 1.49. The van der Waals surface area contributed by atoms with E-state index in [-0.39, 0.29) is 24.7 Å². The number of carbonyl (C=O) groups is 1. The molecule has 2 aliphatic heterocycles. The molecule has 2 unspecified atom stereocenters. The van der Waals surface area contributed by atoms with Crippen molar-refractivity contribution in [3.8, 4) is 23.0 Å². The lowest BCUT2D eigenvalue weighted by Crippen LogP contribution is -2.46. The zero-order valence-electron chi connectivity index (χ0n) is 19.8. The van der Waals surface area contributed by atoms with Gasteiger partial charge in [-0.15, -0.1) is 0 Å². The van der Waals surface area contributed by atoms with Crippen LogP contribution in [0.1, 0.15) is 45.6 Å². The molecule has 0 aromatic heterocycles. The molecule has 0 saturated carbocycles. The van der Waals surface area contributed by atoms with E-state index in [1.54, 1.807) is 4.90 Å². The van der Waals surface area contributed by atoms with Crippen LogP contribution in [0.15, 0.2) is 42.5 Å². The van der Waals surface area contributed by atoms with E-state index in [0.29, 0.717) is 32.1 Å². The van der Waals surface area contributed by atoms with E-state index in [9.17, 15) is 4.79 Å². The number of piperidine rings is 1. The van der Waals surface area contributed by atoms with Crippen molar-refractivity contribution >= 4 is 6.09 Å². The number of fused-ring (bicyclic) bond motifs is 1. The maximum Gasteiger partial charge on any atom is 0.410 e. The SMILES string of the molecule is CCOc1ccc(C2CCN(C(=O)OC(C)(C)C)CC2COc2ccc3c(c2)OCO3)cc1. The molecule has 2 atom stereocenters. The van der Waals surface area contributed by atoms with E-state index in [4.69, 9.17) is 23.7 Å². The predicted octanol–water partition coefficient (Wildman–Crippen LogP) is 5.23. The number of amides is 1. The van der Waals surface area contributed by atoms with Gasteiger partial charge >= 0.3 is 6.09 Å². The minimum atomic E-state index is -0.526. The van der Waals surface area contributed by atoms with Gasteiger partial charge in [0.2, 0.25) is 6.79 Å². The monoisotopic (exact) mass is 455 g/mol. The molecule has 2 heterocycles. The summed E-state index contributed by atoms with van der Waals surface area (Å²) in [4.78, 5) is 14.5. The summed E-state index contributed by atoms with van der Waals surface area (Å²) in [5.74, 6) is 3.36. The summed E-state index contributed by atoms with van der Waals surface area (Å²) >= 11 is 0. The standard InChI is InChI=1S/C26H33NO6/c1-5-29-20-8-6-18(7-9-20)22-12-13-27(25(28)33-26(2,3)4)15-19(22)16-30-21-10-11-23-24(14-21)32-17-31-23/h6-11,14,19,22H,5,12-13,15-17H2,1-4H3. The Labute approximate surface area is 195 Å². The van der Waals surface area contributed by atoms with Crippen LogP contribution < -0.4 is 18.9 Å². The molecule has 7 nitrogen and oxygen atoms in total. The molecule has 0 spiro atoms. The number of hydrogen-bond acceptors (Lipinski definition) is 6. The third kappa shape index (κ3) is 5.83. The highest BCUT2D eigenvalue weighted by Crippen LogP contribution is 2.37.